The molecule has 2 N–H and O–H groups in total. The molecule has 5 nitrogen and oxygen atoms in total. The van der Waals surface area contributed by atoms with E-state index in [2.05, 4.69) is 34.0 Å². The molecule has 4 rings (SSSR count). The Bertz CT molecular complexity index is 1140. The lowest BCUT2D eigenvalue weighted by atomic mass is 9.62. The lowest BCUT2D eigenvalue weighted by Gasteiger charge is -2.53. The van der Waals surface area contributed by atoms with Gasteiger partial charge >= 0.3 is 0 Å². The number of aromatic nitrogens is 2. The number of aryl methyl sites for hydroxylation is 2. The molecule has 0 aliphatic heterocycles. The van der Waals surface area contributed by atoms with Gasteiger partial charge in [-0.15, -0.1) is 24.8 Å². The SMILES string of the molecule is CO[C@]1(CCN(C)CCCCCCCc2nc3ccccc3[nH]2)CCc2cc(F)ccc2[C@@]1(O)C(C)C.Cl.Cl. The Balaban J connectivity index is 0.00000267. The maximum atomic E-state index is 13.9. The Morgan fingerprint density at radius 1 is 1.05 bits per heavy atom. The maximum Gasteiger partial charge on any atom is 0.123 e. The molecule has 0 fully saturated rings. The highest BCUT2D eigenvalue weighted by molar-refractivity contribution is 5.85. The van der Waals surface area contributed by atoms with E-state index in [9.17, 15) is 9.50 Å². The molecular formula is C31H46Cl2FN3O2. The maximum absolute atomic E-state index is 13.9. The highest BCUT2D eigenvalue weighted by atomic mass is 35.5. The summed E-state index contributed by atoms with van der Waals surface area (Å²) >= 11 is 0. The Hall–Kier alpha value is -1.70. The van der Waals surface area contributed by atoms with E-state index in [4.69, 9.17) is 4.74 Å². The van der Waals surface area contributed by atoms with Gasteiger partial charge in [0.1, 0.15) is 22.8 Å². The number of nitrogens with one attached hydrogen (secondary N) is 1. The number of para-hydroxylation sites is 2. The molecule has 1 aliphatic rings. The zero-order valence-electron chi connectivity index (χ0n) is 23.8. The van der Waals surface area contributed by atoms with Crippen molar-refractivity contribution < 1.29 is 14.2 Å². The molecule has 0 amide bonds. The molecule has 2 atom stereocenters. The van der Waals surface area contributed by atoms with Crippen LogP contribution in [-0.2, 0) is 23.2 Å². The van der Waals surface area contributed by atoms with E-state index in [-0.39, 0.29) is 36.5 Å². The van der Waals surface area contributed by atoms with Crippen molar-refractivity contribution in [3.63, 3.8) is 0 Å². The highest BCUT2D eigenvalue weighted by Crippen LogP contribution is 2.50. The molecule has 1 heterocycles. The summed E-state index contributed by atoms with van der Waals surface area (Å²) in [6.07, 6.45) is 9.13. The molecular weight excluding hydrogens is 536 g/mol. The van der Waals surface area contributed by atoms with E-state index in [0.29, 0.717) is 12.8 Å². The van der Waals surface area contributed by atoms with Gasteiger partial charge in [0.15, 0.2) is 0 Å². The predicted octanol–water partition coefficient (Wildman–Crippen LogP) is 7.24. The molecule has 0 saturated carbocycles. The minimum atomic E-state index is -1.15. The largest absolute Gasteiger partial charge is 0.382 e. The summed E-state index contributed by atoms with van der Waals surface area (Å²) in [5.74, 6) is 0.788. The van der Waals surface area contributed by atoms with Crippen molar-refractivity contribution in [1.82, 2.24) is 14.9 Å². The topological polar surface area (TPSA) is 61.4 Å². The van der Waals surface area contributed by atoms with Crippen LogP contribution in [0.5, 0.6) is 0 Å². The summed E-state index contributed by atoms with van der Waals surface area (Å²) in [6, 6.07) is 13.0. The number of methoxy groups -OCH3 is 1. The Kier molecular flexibility index (Phi) is 12.7. The van der Waals surface area contributed by atoms with E-state index in [1.807, 2.05) is 26.0 Å². The van der Waals surface area contributed by atoms with Crippen LogP contribution in [0.1, 0.15) is 75.7 Å². The number of aliphatic hydroxyl groups is 1. The van der Waals surface area contributed by atoms with Crippen molar-refractivity contribution in [1.29, 1.82) is 0 Å². The first-order chi connectivity index (χ1) is 17.8. The summed E-state index contributed by atoms with van der Waals surface area (Å²) in [6.45, 7) is 5.95. The second-order valence-corrected chi connectivity index (χ2v) is 11.2. The van der Waals surface area contributed by atoms with Gasteiger partial charge in [0.25, 0.3) is 0 Å². The molecule has 1 aliphatic carbocycles. The molecule has 3 aromatic rings. The third-order valence-electron chi connectivity index (χ3n) is 8.49. The van der Waals surface area contributed by atoms with E-state index in [1.165, 1.54) is 25.3 Å². The molecule has 218 valence electrons. The van der Waals surface area contributed by atoms with E-state index >= 15 is 0 Å². The van der Waals surface area contributed by atoms with Crippen LogP contribution >= 0.6 is 24.8 Å². The summed E-state index contributed by atoms with van der Waals surface area (Å²) < 4.78 is 20.0. The Morgan fingerprint density at radius 3 is 2.49 bits per heavy atom. The number of halogens is 3. The molecule has 0 unspecified atom stereocenters. The zero-order valence-corrected chi connectivity index (χ0v) is 25.5. The highest BCUT2D eigenvalue weighted by Gasteiger charge is 2.56. The fourth-order valence-corrected chi connectivity index (χ4v) is 6.24. The van der Waals surface area contributed by atoms with Crippen molar-refractivity contribution in [3.05, 3.63) is 65.2 Å². The summed E-state index contributed by atoms with van der Waals surface area (Å²) in [5.41, 5.74) is 2.06. The van der Waals surface area contributed by atoms with Gasteiger partial charge in [-0.25, -0.2) is 9.37 Å². The quantitative estimate of drug-likeness (QED) is 0.209. The van der Waals surface area contributed by atoms with Crippen LogP contribution in [-0.4, -0.2) is 52.8 Å². The first-order valence-corrected chi connectivity index (χ1v) is 14.0. The van der Waals surface area contributed by atoms with E-state index in [1.54, 1.807) is 19.2 Å². The summed E-state index contributed by atoms with van der Waals surface area (Å²) in [4.78, 5) is 10.4. The van der Waals surface area contributed by atoms with Crippen LogP contribution < -0.4 is 0 Å². The molecule has 8 heteroatoms. The third-order valence-corrected chi connectivity index (χ3v) is 8.49. The van der Waals surface area contributed by atoms with Crippen LogP contribution in [0.4, 0.5) is 4.39 Å². The van der Waals surface area contributed by atoms with Crippen LogP contribution in [0.3, 0.4) is 0 Å². The average molecular weight is 583 g/mol. The van der Waals surface area contributed by atoms with Crippen molar-refractivity contribution in [2.45, 2.75) is 82.8 Å². The molecule has 0 saturated heterocycles. The second-order valence-electron chi connectivity index (χ2n) is 11.2. The predicted molar refractivity (Wildman–Crippen MR) is 163 cm³/mol. The van der Waals surface area contributed by atoms with Crippen molar-refractivity contribution in [2.75, 3.05) is 27.2 Å². The molecule has 39 heavy (non-hydrogen) atoms. The number of ether oxygens (including phenoxy) is 1. The van der Waals surface area contributed by atoms with Crippen molar-refractivity contribution >= 4 is 35.8 Å². The van der Waals surface area contributed by atoms with Gasteiger partial charge < -0.3 is 19.7 Å². The smallest absolute Gasteiger partial charge is 0.123 e. The molecule has 0 radical (unpaired) electrons. The molecule has 1 aromatic heterocycles. The molecule has 0 spiro atoms. The van der Waals surface area contributed by atoms with Crippen LogP contribution in [0.2, 0.25) is 0 Å². The van der Waals surface area contributed by atoms with Crippen LogP contribution in [0.25, 0.3) is 11.0 Å². The van der Waals surface area contributed by atoms with E-state index < -0.39 is 11.2 Å². The Morgan fingerprint density at radius 2 is 1.77 bits per heavy atom. The van der Waals surface area contributed by atoms with Gasteiger partial charge in [-0.05, 0) is 87.0 Å². The number of H-pyrrole nitrogens is 1. The number of aromatic amines is 1. The normalized spacial score (nSPS) is 20.6. The zero-order chi connectivity index (χ0) is 26.5. The number of hydrogen-bond acceptors (Lipinski definition) is 4. The number of imidazole rings is 1. The fraction of sp³-hybridized carbons (Fsp3) is 0.581. The fourth-order valence-electron chi connectivity index (χ4n) is 6.24. The number of unbranched alkanes of at least 4 members (excludes halogenated alkanes) is 4. The van der Waals surface area contributed by atoms with Gasteiger partial charge in [-0.1, -0.05) is 51.3 Å². The van der Waals surface area contributed by atoms with Crippen LogP contribution in [0.15, 0.2) is 42.5 Å². The first kappa shape index (κ1) is 33.5. The number of rotatable bonds is 13. The van der Waals surface area contributed by atoms with Gasteiger partial charge in [0, 0.05) is 20.1 Å². The summed E-state index contributed by atoms with van der Waals surface area (Å²) in [7, 11) is 3.87. The van der Waals surface area contributed by atoms with Gasteiger partial charge in [0.05, 0.1) is 11.0 Å². The van der Waals surface area contributed by atoms with Gasteiger partial charge in [0.2, 0.25) is 0 Å². The summed E-state index contributed by atoms with van der Waals surface area (Å²) in [5, 5.41) is 12.1. The van der Waals surface area contributed by atoms with Gasteiger partial charge in [-0.3, -0.25) is 0 Å². The average Bonchev–Trinajstić information content (AvgIpc) is 3.30. The monoisotopic (exact) mass is 581 g/mol. The Labute approximate surface area is 245 Å². The van der Waals surface area contributed by atoms with Crippen molar-refractivity contribution in [2.24, 2.45) is 5.92 Å². The lowest BCUT2D eigenvalue weighted by Crippen LogP contribution is -2.59. The number of fused-ring (bicyclic) bond motifs is 2. The van der Waals surface area contributed by atoms with E-state index in [0.717, 1.165) is 66.8 Å². The number of hydrogen-bond donors (Lipinski definition) is 2. The minimum absolute atomic E-state index is 0. The molecule has 2 aromatic carbocycles. The van der Waals surface area contributed by atoms with Crippen molar-refractivity contribution in [3.8, 4) is 0 Å². The number of benzene rings is 2. The minimum Gasteiger partial charge on any atom is -0.382 e. The standard InChI is InChI=1S/C31H44FN3O2.2ClH/c1-23(2)31(36)26-16-15-25(32)22-24(26)17-18-30(31,37-4)19-21-35(3)20-11-7-5-6-8-14-29-33-27-12-9-10-13-28(27)34-29;;/h9-10,12-13,15-16,22-23,36H,5-8,11,14,17-21H2,1-4H3,(H,33,34);2*1H/t30-,31-;;/m0../s1. The third kappa shape index (κ3) is 7.34. The second kappa shape index (κ2) is 14.8. The van der Waals surface area contributed by atoms with Gasteiger partial charge in [-0.2, -0.15) is 0 Å². The molecule has 0 bridgehead atoms. The first-order valence-electron chi connectivity index (χ1n) is 14.0. The number of nitrogens with zero attached hydrogens (tertiary/aromatic N) is 2. The lowest BCUT2D eigenvalue weighted by molar-refractivity contribution is -0.212. The van der Waals surface area contributed by atoms with Crippen LogP contribution in [0, 0.1) is 11.7 Å².